The number of carbonyl (C=O) groups is 1. The first-order chi connectivity index (χ1) is 10.5. The van der Waals surface area contributed by atoms with Crippen molar-refractivity contribution < 1.29 is 17.9 Å². The number of amides is 1. The van der Waals surface area contributed by atoms with Crippen molar-refractivity contribution in [2.45, 2.75) is 51.1 Å². The average Bonchev–Trinajstić information content (AvgIpc) is 2.48. The van der Waals surface area contributed by atoms with E-state index < -0.39 is 9.84 Å². The van der Waals surface area contributed by atoms with Gasteiger partial charge in [0.15, 0.2) is 0 Å². The van der Waals surface area contributed by atoms with Crippen LogP contribution >= 0.6 is 0 Å². The molecule has 0 spiro atoms. The number of likely N-dealkylation sites (tertiary alicyclic amines) is 1. The molecule has 2 saturated heterocycles. The molecule has 6 nitrogen and oxygen atoms in total. The summed E-state index contributed by atoms with van der Waals surface area (Å²) in [5.74, 6) is 0.613. The number of hydrogen-bond donors (Lipinski definition) is 1. The minimum atomic E-state index is -2.79. The van der Waals surface area contributed by atoms with Crippen molar-refractivity contribution >= 4 is 15.7 Å². The van der Waals surface area contributed by atoms with Crippen molar-refractivity contribution in [3.8, 4) is 0 Å². The molecule has 2 heterocycles. The number of ether oxygens (including phenoxy) is 1. The van der Waals surface area contributed by atoms with Crippen molar-refractivity contribution in [1.82, 2.24) is 10.2 Å². The van der Waals surface area contributed by atoms with Crippen LogP contribution in [0.25, 0.3) is 0 Å². The summed E-state index contributed by atoms with van der Waals surface area (Å²) in [7, 11) is -2.79. The first-order valence-corrected chi connectivity index (χ1v) is 10.1. The summed E-state index contributed by atoms with van der Waals surface area (Å²) in [6.45, 7) is 4.66. The minimum absolute atomic E-state index is 0.0318. The summed E-state index contributed by atoms with van der Waals surface area (Å²) in [5, 5.41) is 3.03. The third kappa shape index (κ3) is 5.52. The topological polar surface area (TPSA) is 75.7 Å². The summed E-state index contributed by atoms with van der Waals surface area (Å²) >= 11 is 0. The average molecular weight is 332 g/mol. The fourth-order valence-electron chi connectivity index (χ4n) is 3.23. The lowest BCUT2D eigenvalue weighted by Gasteiger charge is -2.39. The molecule has 0 bridgehead atoms. The second kappa shape index (κ2) is 8.26. The van der Waals surface area contributed by atoms with Crippen LogP contribution in [-0.2, 0) is 19.4 Å². The van der Waals surface area contributed by atoms with E-state index in [-0.39, 0.29) is 18.6 Å². The molecule has 128 valence electrons. The molecule has 0 aromatic carbocycles. The Balaban J connectivity index is 1.66. The Bertz CT molecular complexity index is 444. The Morgan fingerprint density at radius 3 is 2.41 bits per heavy atom. The van der Waals surface area contributed by atoms with Crippen LogP contribution in [0.5, 0.6) is 0 Å². The van der Waals surface area contributed by atoms with E-state index in [1.807, 2.05) is 6.92 Å². The highest BCUT2D eigenvalue weighted by atomic mass is 32.2. The van der Waals surface area contributed by atoms with Gasteiger partial charge in [-0.15, -0.1) is 0 Å². The number of nitrogens with one attached hydrogen (secondary N) is 1. The number of nitrogens with zero attached hydrogens (tertiary/aromatic N) is 1. The second-order valence-corrected chi connectivity index (χ2v) is 8.62. The first kappa shape index (κ1) is 17.7. The largest absolute Gasteiger partial charge is 0.372 e. The molecule has 2 rings (SSSR count). The smallest absolute Gasteiger partial charge is 0.246 e. The van der Waals surface area contributed by atoms with Gasteiger partial charge < -0.3 is 15.0 Å². The molecule has 0 radical (unpaired) electrons. The number of sulfone groups is 1. The van der Waals surface area contributed by atoms with Crippen LogP contribution in [0.1, 0.15) is 39.0 Å². The highest BCUT2D eigenvalue weighted by Gasteiger charge is 2.30. The lowest BCUT2D eigenvalue weighted by atomic mass is 10.0. The van der Waals surface area contributed by atoms with E-state index in [1.54, 1.807) is 0 Å². The van der Waals surface area contributed by atoms with Crippen LogP contribution in [-0.4, -0.2) is 69.1 Å². The standard InChI is InChI=1S/C15H28N2O4S/c1-2-9-21-12-15(18)16-13-3-7-17(8-4-13)14-5-10-22(19,20)11-6-14/h13-14H,2-12H2,1H3,(H,16,18). The van der Waals surface area contributed by atoms with Crippen LogP contribution in [0, 0.1) is 0 Å². The zero-order valence-corrected chi connectivity index (χ0v) is 14.2. The van der Waals surface area contributed by atoms with Gasteiger partial charge in [-0.2, -0.15) is 0 Å². The van der Waals surface area contributed by atoms with Gasteiger partial charge in [-0.3, -0.25) is 4.79 Å². The summed E-state index contributed by atoms with van der Waals surface area (Å²) in [4.78, 5) is 14.1. The Morgan fingerprint density at radius 1 is 1.18 bits per heavy atom. The van der Waals surface area contributed by atoms with Crippen molar-refractivity contribution in [3.63, 3.8) is 0 Å². The third-order valence-corrected chi connectivity index (χ3v) is 6.23. The van der Waals surface area contributed by atoms with Crippen LogP contribution in [0.4, 0.5) is 0 Å². The molecule has 0 atom stereocenters. The quantitative estimate of drug-likeness (QED) is 0.720. The van der Waals surface area contributed by atoms with Crippen molar-refractivity contribution in [3.05, 3.63) is 0 Å². The van der Waals surface area contributed by atoms with Gasteiger partial charge in [0.25, 0.3) is 0 Å². The van der Waals surface area contributed by atoms with Gasteiger partial charge in [0, 0.05) is 31.8 Å². The van der Waals surface area contributed by atoms with Gasteiger partial charge in [0.1, 0.15) is 16.4 Å². The molecule has 0 saturated carbocycles. The van der Waals surface area contributed by atoms with E-state index in [2.05, 4.69) is 10.2 Å². The van der Waals surface area contributed by atoms with Gasteiger partial charge in [0.05, 0.1) is 11.5 Å². The summed E-state index contributed by atoms with van der Waals surface area (Å²) < 4.78 is 28.2. The van der Waals surface area contributed by atoms with Crippen molar-refractivity contribution in [2.75, 3.05) is 37.8 Å². The number of carbonyl (C=O) groups excluding carboxylic acids is 1. The molecule has 0 aromatic heterocycles. The monoisotopic (exact) mass is 332 g/mol. The molecular weight excluding hydrogens is 304 g/mol. The van der Waals surface area contributed by atoms with Crippen LogP contribution in [0.15, 0.2) is 0 Å². The summed E-state index contributed by atoms with van der Waals surface area (Å²) in [6, 6.07) is 0.620. The number of rotatable bonds is 6. The van der Waals surface area contributed by atoms with Gasteiger partial charge in [0.2, 0.25) is 5.91 Å². The number of hydrogen-bond acceptors (Lipinski definition) is 5. The Hall–Kier alpha value is -0.660. The minimum Gasteiger partial charge on any atom is -0.372 e. The molecule has 2 fully saturated rings. The van der Waals surface area contributed by atoms with Gasteiger partial charge in [-0.1, -0.05) is 6.92 Å². The molecule has 2 aliphatic heterocycles. The first-order valence-electron chi connectivity index (χ1n) is 8.32. The van der Waals surface area contributed by atoms with Crippen LogP contribution < -0.4 is 5.32 Å². The van der Waals surface area contributed by atoms with Gasteiger partial charge >= 0.3 is 0 Å². The Morgan fingerprint density at radius 2 is 1.82 bits per heavy atom. The van der Waals surface area contributed by atoms with E-state index in [0.717, 1.165) is 45.2 Å². The Labute approximate surface area is 133 Å². The molecule has 2 aliphatic rings. The molecule has 0 aliphatic carbocycles. The Kier molecular flexibility index (Phi) is 6.65. The molecule has 22 heavy (non-hydrogen) atoms. The predicted octanol–water partition coefficient (Wildman–Crippen LogP) is 0.571. The zero-order chi connectivity index (χ0) is 16.0. The fourth-order valence-corrected chi connectivity index (χ4v) is 4.70. The van der Waals surface area contributed by atoms with Gasteiger partial charge in [-0.25, -0.2) is 8.42 Å². The maximum atomic E-state index is 11.7. The molecule has 7 heteroatoms. The van der Waals surface area contributed by atoms with Crippen molar-refractivity contribution in [2.24, 2.45) is 0 Å². The van der Waals surface area contributed by atoms with Gasteiger partial charge in [-0.05, 0) is 32.1 Å². The van der Waals surface area contributed by atoms with Crippen LogP contribution in [0.3, 0.4) is 0 Å². The SMILES string of the molecule is CCCOCC(=O)NC1CCN(C2CCS(=O)(=O)CC2)CC1. The lowest BCUT2D eigenvalue weighted by molar-refractivity contribution is -0.126. The highest BCUT2D eigenvalue weighted by molar-refractivity contribution is 7.91. The third-order valence-electron chi connectivity index (χ3n) is 4.52. The van der Waals surface area contributed by atoms with E-state index in [4.69, 9.17) is 4.74 Å². The fraction of sp³-hybridized carbons (Fsp3) is 0.933. The maximum Gasteiger partial charge on any atom is 0.246 e. The molecule has 0 unspecified atom stereocenters. The highest BCUT2D eigenvalue weighted by Crippen LogP contribution is 2.22. The zero-order valence-electron chi connectivity index (χ0n) is 13.4. The molecule has 1 amide bonds. The van der Waals surface area contributed by atoms with E-state index >= 15 is 0 Å². The molecule has 1 N–H and O–H groups in total. The van der Waals surface area contributed by atoms with E-state index in [0.29, 0.717) is 24.2 Å². The lowest BCUT2D eigenvalue weighted by Crippen LogP contribution is -2.50. The summed E-state index contributed by atoms with van der Waals surface area (Å²) in [6.07, 6.45) is 4.29. The van der Waals surface area contributed by atoms with E-state index in [1.165, 1.54) is 0 Å². The van der Waals surface area contributed by atoms with E-state index in [9.17, 15) is 13.2 Å². The van der Waals surface area contributed by atoms with Crippen molar-refractivity contribution in [1.29, 1.82) is 0 Å². The molecular formula is C15H28N2O4S. The molecule has 0 aromatic rings. The summed E-state index contributed by atoms with van der Waals surface area (Å²) in [5.41, 5.74) is 0. The number of piperidine rings is 1. The van der Waals surface area contributed by atoms with Crippen LogP contribution in [0.2, 0.25) is 0 Å². The normalized spacial score (nSPS) is 24.2. The maximum absolute atomic E-state index is 11.7. The second-order valence-electron chi connectivity index (χ2n) is 6.31. The predicted molar refractivity (Wildman–Crippen MR) is 85.5 cm³/mol.